The van der Waals surface area contributed by atoms with E-state index < -0.39 is 0 Å². The Morgan fingerprint density at radius 3 is 2.67 bits per heavy atom. The highest BCUT2D eigenvalue weighted by atomic mass is 35.5. The van der Waals surface area contributed by atoms with E-state index in [-0.39, 0.29) is 0 Å². The van der Waals surface area contributed by atoms with Gasteiger partial charge in [-0.15, -0.1) is 11.3 Å². The Balaban J connectivity index is 1.92. The normalized spacial score (nSPS) is 10.3. The van der Waals surface area contributed by atoms with E-state index in [2.05, 4.69) is 27.5 Å². The molecular formula is C12H15ClN4S. The van der Waals surface area contributed by atoms with Gasteiger partial charge in [0, 0.05) is 17.5 Å². The van der Waals surface area contributed by atoms with Gasteiger partial charge in [-0.3, -0.25) is 0 Å². The number of hydrogen-bond acceptors (Lipinski definition) is 5. The van der Waals surface area contributed by atoms with Crippen molar-refractivity contribution >= 4 is 34.6 Å². The van der Waals surface area contributed by atoms with Gasteiger partial charge < -0.3 is 10.6 Å². The van der Waals surface area contributed by atoms with Gasteiger partial charge >= 0.3 is 0 Å². The molecule has 0 fully saturated rings. The van der Waals surface area contributed by atoms with Crippen molar-refractivity contribution in [2.75, 3.05) is 17.2 Å². The van der Waals surface area contributed by atoms with Gasteiger partial charge in [0.15, 0.2) is 0 Å². The van der Waals surface area contributed by atoms with Gasteiger partial charge in [-0.25, -0.2) is 9.97 Å². The third-order valence-electron chi connectivity index (χ3n) is 2.30. The minimum Gasteiger partial charge on any atom is -0.370 e. The number of halogens is 1. The largest absolute Gasteiger partial charge is 0.370 e. The van der Waals surface area contributed by atoms with Gasteiger partial charge in [0.1, 0.15) is 18.0 Å². The van der Waals surface area contributed by atoms with Gasteiger partial charge in [0.2, 0.25) is 0 Å². The minimum absolute atomic E-state index is 0.724. The van der Waals surface area contributed by atoms with Crippen LogP contribution in [0, 0.1) is 0 Å². The molecular weight excluding hydrogens is 268 g/mol. The summed E-state index contributed by atoms with van der Waals surface area (Å²) in [5.41, 5.74) is 0. The highest BCUT2D eigenvalue weighted by Gasteiger charge is 2.00. The van der Waals surface area contributed by atoms with E-state index >= 15 is 0 Å². The Morgan fingerprint density at radius 1 is 1.22 bits per heavy atom. The SMILES string of the molecule is CCCNc1cc(NCc2ccc(Cl)s2)ncn1. The van der Waals surface area contributed by atoms with Crippen molar-refractivity contribution in [1.29, 1.82) is 0 Å². The number of aromatic nitrogens is 2. The maximum atomic E-state index is 5.88. The summed E-state index contributed by atoms with van der Waals surface area (Å²) in [6.45, 7) is 3.76. The first-order valence-corrected chi connectivity index (χ1v) is 7.01. The maximum absolute atomic E-state index is 5.88. The zero-order valence-electron chi connectivity index (χ0n) is 10.1. The monoisotopic (exact) mass is 282 g/mol. The molecule has 0 bridgehead atoms. The van der Waals surface area contributed by atoms with Crippen molar-refractivity contribution < 1.29 is 0 Å². The fourth-order valence-corrected chi connectivity index (χ4v) is 2.46. The minimum atomic E-state index is 0.724. The van der Waals surface area contributed by atoms with Gasteiger partial charge in [-0.2, -0.15) is 0 Å². The number of hydrogen-bond donors (Lipinski definition) is 2. The molecule has 2 aromatic heterocycles. The van der Waals surface area contributed by atoms with Crippen LogP contribution >= 0.6 is 22.9 Å². The molecule has 0 aromatic carbocycles. The first-order chi connectivity index (χ1) is 8.78. The molecule has 0 atom stereocenters. The predicted octanol–water partition coefficient (Wildman–Crippen LogP) is 3.63. The zero-order chi connectivity index (χ0) is 12.8. The standard InChI is InChI=1S/C12H15ClN4S/c1-2-5-14-11-6-12(17-8-16-11)15-7-9-3-4-10(13)18-9/h3-4,6,8H,2,5,7H2,1H3,(H2,14,15,16,17). The molecule has 0 aliphatic carbocycles. The van der Waals surface area contributed by atoms with Crippen molar-refractivity contribution in [1.82, 2.24) is 9.97 Å². The van der Waals surface area contributed by atoms with Crippen molar-refractivity contribution in [3.05, 3.63) is 33.7 Å². The lowest BCUT2D eigenvalue weighted by molar-refractivity contribution is 0.963. The number of rotatable bonds is 6. The topological polar surface area (TPSA) is 49.8 Å². The number of nitrogens with zero attached hydrogens (tertiary/aromatic N) is 2. The van der Waals surface area contributed by atoms with Crippen LogP contribution in [0.15, 0.2) is 24.5 Å². The van der Waals surface area contributed by atoms with Crippen LogP contribution in [0.25, 0.3) is 0 Å². The quantitative estimate of drug-likeness (QED) is 0.849. The average molecular weight is 283 g/mol. The molecule has 18 heavy (non-hydrogen) atoms. The molecule has 0 amide bonds. The van der Waals surface area contributed by atoms with Gasteiger partial charge in [-0.1, -0.05) is 18.5 Å². The van der Waals surface area contributed by atoms with Gasteiger partial charge in [0.25, 0.3) is 0 Å². The Hall–Kier alpha value is -1.33. The first kappa shape index (κ1) is 13.1. The molecule has 2 heterocycles. The van der Waals surface area contributed by atoms with Gasteiger partial charge in [0.05, 0.1) is 10.9 Å². The van der Waals surface area contributed by atoms with Crippen molar-refractivity contribution in [2.24, 2.45) is 0 Å². The summed E-state index contributed by atoms with van der Waals surface area (Å²) in [6.07, 6.45) is 2.63. The molecule has 0 saturated heterocycles. The lowest BCUT2D eigenvalue weighted by Crippen LogP contribution is -2.05. The molecule has 6 heteroatoms. The van der Waals surface area contributed by atoms with Crippen molar-refractivity contribution in [2.45, 2.75) is 19.9 Å². The van der Waals surface area contributed by atoms with E-state index in [0.29, 0.717) is 0 Å². The number of nitrogens with one attached hydrogen (secondary N) is 2. The van der Waals surface area contributed by atoms with E-state index in [1.807, 2.05) is 18.2 Å². The highest BCUT2D eigenvalue weighted by Crippen LogP contribution is 2.22. The van der Waals surface area contributed by atoms with Crippen LogP contribution in [0.1, 0.15) is 18.2 Å². The van der Waals surface area contributed by atoms with Crippen LogP contribution in [-0.2, 0) is 6.54 Å². The average Bonchev–Trinajstić information content (AvgIpc) is 2.80. The molecule has 0 spiro atoms. The Bertz CT molecular complexity index is 500. The lowest BCUT2D eigenvalue weighted by Gasteiger charge is -2.07. The zero-order valence-corrected chi connectivity index (χ0v) is 11.7. The van der Waals surface area contributed by atoms with E-state index in [1.165, 1.54) is 4.88 Å². The fourth-order valence-electron chi connectivity index (χ4n) is 1.43. The Morgan fingerprint density at radius 2 is 2.00 bits per heavy atom. The van der Waals surface area contributed by atoms with Crippen LogP contribution in [0.5, 0.6) is 0 Å². The Kier molecular flexibility index (Phi) is 4.78. The highest BCUT2D eigenvalue weighted by molar-refractivity contribution is 7.16. The molecule has 0 unspecified atom stereocenters. The molecule has 2 aromatic rings. The molecule has 0 saturated carbocycles. The molecule has 0 aliphatic rings. The summed E-state index contributed by atoms with van der Waals surface area (Å²) in [4.78, 5) is 9.52. The molecule has 4 nitrogen and oxygen atoms in total. The van der Waals surface area contributed by atoms with Crippen LogP contribution in [0.4, 0.5) is 11.6 Å². The van der Waals surface area contributed by atoms with E-state index in [0.717, 1.165) is 35.5 Å². The molecule has 96 valence electrons. The Labute approximate surface area is 115 Å². The van der Waals surface area contributed by atoms with Crippen LogP contribution < -0.4 is 10.6 Å². The molecule has 0 aliphatic heterocycles. The number of anilines is 2. The summed E-state index contributed by atoms with van der Waals surface area (Å²) < 4.78 is 0.805. The summed E-state index contributed by atoms with van der Waals surface area (Å²) >= 11 is 7.45. The van der Waals surface area contributed by atoms with E-state index in [9.17, 15) is 0 Å². The van der Waals surface area contributed by atoms with E-state index in [4.69, 9.17) is 11.6 Å². The predicted molar refractivity (Wildman–Crippen MR) is 77.5 cm³/mol. The number of thiophene rings is 1. The summed E-state index contributed by atoms with van der Waals surface area (Å²) in [5.74, 6) is 1.66. The second kappa shape index (κ2) is 6.56. The third-order valence-corrected chi connectivity index (χ3v) is 3.53. The summed E-state index contributed by atoms with van der Waals surface area (Å²) in [6, 6.07) is 5.82. The first-order valence-electron chi connectivity index (χ1n) is 5.82. The smallest absolute Gasteiger partial charge is 0.131 e. The van der Waals surface area contributed by atoms with Crippen molar-refractivity contribution in [3.8, 4) is 0 Å². The van der Waals surface area contributed by atoms with Crippen LogP contribution in [0.3, 0.4) is 0 Å². The second-order valence-corrected chi connectivity index (χ2v) is 5.57. The van der Waals surface area contributed by atoms with Crippen molar-refractivity contribution in [3.63, 3.8) is 0 Å². The maximum Gasteiger partial charge on any atom is 0.131 e. The van der Waals surface area contributed by atoms with Crippen LogP contribution in [0.2, 0.25) is 4.34 Å². The van der Waals surface area contributed by atoms with Gasteiger partial charge in [-0.05, 0) is 18.6 Å². The molecule has 2 N–H and O–H groups in total. The summed E-state index contributed by atoms with van der Waals surface area (Å²) in [5, 5.41) is 6.48. The summed E-state index contributed by atoms with van der Waals surface area (Å²) in [7, 11) is 0. The van der Waals surface area contributed by atoms with E-state index in [1.54, 1.807) is 17.7 Å². The van der Waals surface area contributed by atoms with Crippen LogP contribution in [-0.4, -0.2) is 16.5 Å². The lowest BCUT2D eigenvalue weighted by atomic mass is 10.4. The molecule has 0 radical (unpaired) electrons. The fraction of sp³-hybridized carbons (Fsp3) is 0.333. The second-order valence-electron chi connectivity index (χ2n) is 3.77. The molecule has 2 rings (SSSR count). The third kappa shape index (κ3) is 3.85.